The lowest BCUT2D eigenvalue weighted by molar-refractivity contribution is 0.143. The van der Waals surface area contributed by atoms with E-state index in [0.717, 1.165) is 54.6 Å². The molecule has 1 atom stereocenters. The van der Waals surface area contributed by atoms with E-state index in [1.807, 2.05) is 23.7 Å². The number of pyridine rings is 1. The van der Waals surface area contributed by atoms with E-state index in [1.54, 1.807) is 0 Å². The molecule has 0 aliphatic carbocycles. The monoisotopic (exact) mass is 408 g/mol. The first-order chi connectivity index (χ1) is 14.3. The van der Waals surface area contributed by atoms with Crippen LogP contribution in [-0.4, -0.2) is 43.2 Å². The predicted octanol–water partition coefficient (Wildman–Crippen LogP) is 3.79. The van der Waals surface area contributed by atoms with E-state index >= 15 is 0 Å². The van der Waals surface area contributed by atoms with Crippen LogP contribution in [0.15, 0.2) is 29.1 Å². The molecule has 1 fully saturated rings. The molecule has 0 amide bonds. The number of aromatic amines is 1. The number of rotatable bonds is 5. The second-order valence-electron chi connectivity index (χ2n) is 9.38. The van der Waals surface area contributed by atoms with Gasteiger partial charge in [0.25, 0.3) is 5.56 Å². The van der Waals surface area contributed by atoms with Gasteiger partial charge >= 0.3 is 0 Å². The van der Waals surface area contributed by atoms with Gasteiger partial charge in [0.05, 0.1) is 5.54 Å². The van der Waals surface area contributed by atoms with E-state index in [2.05, 4.69) is 65.2 Å². The van der Waals surface area contributed by atoms with Gasteiger partial charge < -0.3 is 4.98 Å². The van der Waals surface area contributed by atoms with Gasteiger partial charge in [0.15, 0.2) is 5.82 Å². The third-order valence-electron chi connectivity index (χ3n) is 6.68. The first-order valence-electron chi connectivity index (χ1n) is 11.0. The number of H-pyrrole nitrogens is 1. The molecule has 0 bridgehead atoms. The van der Waals surface area contributed by atoms with Crippen molar-refractivity contribution in [2.24, 2.45) is 5.92 Å². The first-order valence-corrected chi connectivity index (χ1v) is 11.0. The molecule has 0 spiro atoms. The number of aromatic nitrogens is 5. The number of hydrogen-bond donors (Lipinski definition) is 1. The van der Waals surface area contributed by atoms with Crippen LogP contribution in [0.2, 0.25) is 0 Å². The van der Waals surface area contributed by atoms with Crippen LogP contribution in [0.4, 0.5) is 0 Å². The summed E-state index contributed by atoms with van der Waals surface area (Å²) in [5.74, 6) is 1.44. The SMILES string of the molecule is CCC(C)(C)n1nnnc1C(c1cc2ccc(C)cc2[nH]c1=O)N1CCC(C)CC1. The Morgan fingerprint density at radius 1 is 1.23 bits per heavy atom. The van der Waals surface area contributed by atoms with E-state index in [0.29, 0.717) is 11.5 Å². The molecule has 4 rings (SSSR count). The lowest BCUT2D eigenvalue weighted by Crippen LogP contribution is -2.41. The number of tetrazole rings is 1. The summed E-state index contributed by atoms with van der Waals surface area (Å²) in [6.07, 6.45) is 3.11. The highest BCUT2D eigenvalue weighted by Crippen LogP contribution is 2.33. The normalized spacial score (nSPS) is 17.5. The number of piperidine rings is 1. The number of fused-ring (bicyclic) bond motifs is 1. The van der Waals surface area contributed by atoms with Crippen LogP contribution in [0, 0.1) is 12.8 Å². The zero-order valence-electron chi connectivity index (χ0n) is 18.6. The van der Waals surface area contributed by atoms with Crippen LogP contribution < -0.4 is 5.56 Å². The van der Waals surface area contributed by atoms with E-state index < -0.39 is 0 Å². The quantitative estimate of drug-likeness (QED) is 0.695. The van der Waals surface area contributed by atoms with Crippen LogP contribution in [-0.2, 0) is 5.54 Å². The number of hydrogen-bond acceptors (Lipinski definition) is 5. The van der Waals surface area contributed by atoms with Crippen molar-refractivity contribution in [1.82, 2.24) is 30.1 Å². The topological polar surface area (TPSA) is 79.7 Å². The molecule has 1 unspecified atom stereocenters. The number of nitrogens with zero attached hydrogens (tertiary/aromatic N) is 5. The highest BCUT2D eigenvalue weighted by molar-refractivity contribution is 5.79. The summed E-state index contributed by atoms with van der Waals surface area (Å²) in [7, 11) is 0. The molecule has 1 N–H and O–H groups in total. The minimum absolute atomic E-state index is 0.0689. The fourth-order valence-electron chi connectivity index (χ4n) is 4.27. The Labute approximate surface area is 177 Å². The van der Waals surface area contributed by atoms with E-state index in [9.17, 15) is 4.79 Å². The molecule has 160 valence electrons. The molecule has 0 radical (unpaired) electrons. The second kappa shape index (κ2) is 7.95. The van der Waals surface area contributed by atoms with Gasteiger partial charge in [0.1, 0.15) is 6.04 Å². The summed E-state index contributed by atoms with van der Waals surface area (Å²) in [5.41, 5.74) is 2.40. The molecule has 2 aromatic heterocycles. The van der Waals surface area contributed by atoms with Crippen molar-refractivity contribution in [2.45, 2.75) is 65.5 Å². The zero-order chi connectivity index (χ0) is 21.5. The highest BCUT2D eigenvalue weighted by Gasteiger charge is 2.35. The van der Waals surface area contributed by atoms with Crippen LogP contribution in [0.3, 0.4) is 0 Å². The number of aryl methyl sites for hydroxylation is 1. The van der Waals surface area contributed by atoms with E-state index in [1.165, 1.54) is 0 Å². The lowest BCUT2D eigenvalue weighted by atomic mass is 9.94. The van der Waals surface area contributed by atoms with Crippen molar-refractivity contribution >= 4 is 10.9 Å². The Bertz CT molecular complexity index is 1090. The van der Waals surface area contributed by atoms with Crippen molar-refractivity contribution in [2.75, 3.05) is 13.1 Å². The minimum atomic E-state index is -0.271. The summed E-state index contributed by atoms with van der Waals surface area (Å²) in [6.45, 7) is 12.6. The van der Waals surface area contributed by atoms with Gasteiger partial charge in [0, 0.05) is 11.1 Å². The molecule has 7 nitrogen and oxygen atoms in total. The summed E-state index contributed by atoms with van der Waals surface area (Å²) in [6, 6.07) is 7.91. The molecule has 1 aliphatic rings. The van der Waals surface area contributed by atoms with Crippen LogP contribution in [0.5, 0.6) is 0 Å². The fourth-order valence-corrected chi connectivity index (χ4v) is 4.27. The maximum atomic E-state index is 13.3. The van der Waals surface area contributed by atoms with Gasteiger partial charge in [-0.05, 0) is 92.6 Å². The maximum absolute atomic E-state index is 13.3. The van der Waals surface area contributed by atoms with Crippen molar-refractivity contribution in [3.8, 4) is 0 Å². The lowest BCUT2D eigenvalue weighted by Gasteiger charge is -2.37. The molecule has 1 aliphatic heterocycles. The predicted molar refractivity (Wildman–Crippen MR) is 119 cm³/mol. The van der Waals surface area contributed by atoms with Crippen molar-refractivity contribution in [3.63, 3.8) is 0 Å². The van der Waals surface area contributed by atoms with E-state index in [4.69, 9.17) is 0 Å². The van der Waals surface area contributed by atoms with Crippen molar-refractivity contribution < 1.29 is 0 Å². The average Bonchev–Trinajstić information content (AvgIpc) is 3.20. The molecule has 1 saturated heterocycles. The van der Waals surface area contributed by atoms with Gasteiger partial charge in [0.2, 0.25) is 0 Å². The zero-order valence-corrected chi connectivity index (χ0v) is 18.6. The third-order valence-corrected chi connectivity index (χ3v) is 6.68. The van der Waals surface area contributed by atoms with Crippen LogP contribution >= 0.6 is 0 Å². The van der Waals surface area contributed by atoms with Crippen molar-refractivity contribution in [1.29, 1.82) is 0 Å². The van der Waals surface area contributed by atoms with Crippen LogP contribution in [0.1, 0.15) is 70.0 Å². The Morgan fingerprint density at radius 3 is 2.67 bits per heavy atom. The minimum Gasteiger partial charge on any atom is -0.322 e. The Kier molecular flexibility index (Phi) is 5.49. The Morgan fingerprint density at radius 2 is 1.97 bits per heavy atom. The summed E-state index contributed by atoms with van der Waals surface area (Å²) >= 11 is 0. The molecular weight excluding hydrogens is 376 g/mol. The molecular formula is C23H32N6O. The molecule has 1 aromatic carbocycles. The van der Waals surface area contributed by atoms with Gasteiger partial charge in [-0.3, -0.25) is 9.69 Å². The standard InChI is InChI=1S/C23H32N6O/c1-6-23(4,5)29-21(25-26-27-29)20(28-11-9-15(2)10-12-28)18-14-17-8-7-16(3)13-19(17)24-22(18)30/h7-8,13-15,20H,6,9-12H2,1-5H3,(H,24,30). The highest BCUT2D eigenvalue weighted by atomic mass is 16.1. The van der Waals surface area contributed by atoms with Crippen molar-refractivity contribution in [3.05, 3.63) is 51.6 Å². The van der Waals surface area contributed by atoms with Gasteiger partial charge in [-0.25, -0.2) is 4.68 Å². The summed E-state index contributed by atoms with van der Waals surface area (Å²) in [4.78, 5) is 18.7. The number of benzene rings is 1. The Hall–Kier alpha value is -2.54. The molecule has 7 heteroatoms. The molecule has 0 saturated carbocycles. The van der Waals surface area contributed by atoms with E-state index in [-0.39, 0.29) is 17.1 Å². The number of nitrogens with one attached hydrogen (secondary N) is 1. The summed E-state index contributed by atoms with van der Waals surface area (Å²) < 4.78 is 1.91. The second-order valence-corrected chi connectivity index (χ2v) is 9.38. The Balaban J connectivity index is 1.88. The first kappa shape index (κ1) is 20.7. The van der Waals surface area contributed by atoms with Gasteiger partial charge in [-0.15, -0.1) is 5.10 Å². The average molecular weight is 409 g/mol. The smallest absolute Gasteiger partial charge is 0.253 e. The summed E-state index contributed by atoms with van der Waals surface area (Å²) in [5, 5.41) is 13.8. The largest absolute Gasteiger partial charge is 0.322 e. The maximum Gasteiger partial charge on any atom is 0.253 e. The third kappa shape index (κ3) is 3.78. The van der Waals surface area contributed by atoms with Gasteiger partial charge in [-0.1, -0.05) is 26.0 Å². The molecule has 3 heterocycles. The number of likely N-dealkylation sites (tertiary alicyclic amines) is 1. The fraction of sp³-hybridized carbons (Fsp3) is 0.565. The molecule has 30 heavy (non-hydrogen) atoms. The molecule has 3 aromatic rings. The van der Waals surface area contributed by atoms with Gasteiger partial charge in [-0.2, -0.15) is 0 Å². The van der Waals surface area contributed by atoms with Crippen LogP contribution in [0.25, 0.3) is 10.9 Å².